The summed E-state index contributed by atoms with van der Waals surface area (Å²) in [6.07, 6.45) is 0.780. The molecule has 0 spiro atoms. The van der Waals surface area contributed by atoms with Gasteiger partial charge < -0.3 is 5.32 Å². The molecule has 88 valence electrons. The number of benzene rings is 1. The molecule has 0 atom stereocenters. The molecule has 2 aromatic rings. The molecule has 5 heteroatoms. The van der Waals surface area contributed by atoms with Crippen molar-refractivity contribution in [1.29, 1.82) is 0 Å². The average molecular weight is 232 g/mol. The van der Waals surface area contributed by atoms with Crippen molar-refractivity contribution in [2.45, 2.75) is 26.8 Å². The van der Waals surface area contributed by atoms with E-state index < -0.39 is 0 Å². The largest absolute Gasteiger partial charge is 0.376 e. The van der Waals surface area contributed by atoms with Crippen LogP contribution in [0.2, 0.25) is 0 Å². The number of nitrogens with zero attached hydrogens (tertiary/aromatic N) is 3. The first kappa shape index (κ1) is 10.3. The lowest BCUT2D eigenvalue weighted by atomic mass is 10.1. The highest BCUT2D eigenvalue weighted by Gasteiger charge is 2.21. The molecule has 0 saturated carbocycles. The van der Waals surface area contributed by atoms with Crippen LogP contribution in [0, 0.1) is 12.7 Å². The minimum atomic E-state index is -0.200. The minimum Gasteiger partial charge on any atom is -0.376 e. The Hall–Kier alpha value is -1.91. The Labute approximate surface area is 98.5 Å². The normalized spacial score (nSPS) is 12.9. The van der Waals surface area contributed by atoms with Gasteiger partial charge in [-0.3, -0.25) is 4.57 Å². The summed E-state index contributed by atoms with van der Waals surface area (Å²) in [5.74, 6) is 1.50. The van der Waals surface area contributed by atoms with Crippen molar-refractivity contribution in [3.8, 4) is 5.69 Å². The second kappa shape index (κ2) is 3.55. The van der Waals surface area contributed by atoms with E-state index in [2.05, 4.69) is 15.5 Å². The maximum Gasteiger partial charge on any atom is 0.157 e. The molecule has 0 amide bonds. The molecule has 0 unspecified atom stereocenters. The molecule has 0 bridgehead atoms. The quantitative estimate of drug-likeness (QED) is 0.819. The second-order valence-corrected chi connectivity index (χ2v) is 4.19. The number of rotatable bonds is 1. The zero-order valence-corrected chi connectivity index (χ0v) is 9.79. The minimum absolute atomic E-state index is 0.200. The predicted molar refractivity (Wildman–Crippen MR) is 62.8 cm³/mol. The third kappa shape index (κ3) is 1.42. The van der Waals surface area contributed by atoms with Gasteiger partial charge in [0.15, 0.2) is 5.82 Å². The molecule has 1 N–H and O–H groups in total. The summed E-state index contributed by atoms with van der Waals surface area (Å²) >= 11 is 0. The predicted octanol–water partition coefficient (Wildman–Crippen LogP) is 2.20. The number of hydrogen-bond acceptors (Lipinski definition) is 3. The summed E-state index contributed by atoms with van der Waals surface area (Å²) in [7, 11) is 0. The highest BCUT2D eigenvalue weighted by Crippen LogP contribution is 2.30. The molecule has 3 rings (SSSR count). The lowest BCUT2D eigenvalue weighted by Crippen LogP contribution is -2.17. The SMILES string of the molecule is CCc1nnc2n1-c1cc(F)c(C)cc1NC2. The molecular formula is C12H13FN4. The average Bonchev–Trinajstić information content (AvgIpc) is 2.74. The van der Waals surface area contributed by atoms with Crippen molar-refractivity contribution >= 4 is 5.69 Å². The van der Waals surface area contributed by atoms with Crippen LogP contribution in [0.5, 0.6) is 0 Å². The Bertz CT molecular complexity index is 575. The summed E-state index contributed by atoms with van der Waals surface area (Å²) in [4.78, 5) is 0. The van der Waals surface area contributed by atoms with Crippen LogP contribution in [0.15, 0.2) is 12.1 Å². The third-order valence-corrected chi connectivity index (χ3v) is 3.07. The lowest BCUT2D eigenvalue weighted by molar-refractivity contribution is 0.616. The van der Waals surface area contributed by atoms with E-state index in [1.165, 1.54) is 0 Å². The van der Waals surface area contributed by atoms with Gasteiger partial charge in [0.1, 0.15) is 11.6 Å². The molecule has 0 radical (unpaired) electrons. The fraction of sp³-hybridized carbons (Fsp3) is 0.333. The maximum atomic E-state index is 13.7. The first-order valence-corrected chi connectivity index (χ1v) is 5.68. The van der Waals surface area contributed by atoms with Crippen molar-refractivity contribution in [2.24, 2.45) is 0 Å². The number of aromatic nitrogens is 3. The van der Waals surface area contributed by atoms with Crippen LogP contribution < -0.4 is 5.32 Å². The maximum absolute atomic E-state index is 13.7. The summed E-state index contributed by atoms with van der Waals surface area (Å²) in [6, 6.07) is 3.37. The zero-order chi connectivity index (χ0) is 12.0. The summed E-state index contributed by atoms with van der Waals surface area (Å²) in [6.45, 7) is 4.41. The number of fused-ring (bicyclic) bond motifs is 3. The molecule has 1 aliphatic heterocycles. The fourth-order valence-electron chi connectivity index (χ4n) is 2.15. The van der Waals surface area contributed by atoms with Gasteiger partial charge in [0.2, 0.25) is 0 Å². The van der Waals surface area contributed by atoms with Crippen LogP contribution in [0.4, 0.5) is 10.1 Å². The van der Waals surface area contributed by atoms with E-state index in [4.69, 9.17) is 0 Å². The van der Waals surface area contributed by atoms with Crippen molar-refractivity contribution in [3.05, 3.63) is 35.2 Å². The van der Waals surface area contributed by atoms with E-state index in [0.29, 0.717) is 12.1 Å². The van der Waals surface area contributed by atoms with E-state index in [-0.39, 0.29) is 5.82 Å². The Balaban J connectivity index is 2.27. The third-order valence-electron chi connectivity index (χ3n) is 3.07. The van der Waals surface area contributed by atoms with Crippen LogP contribution in [0.1, 0.15) is 24.1 Å². The Morgan fingerprint density at radius 2 is 2.24 bits per heavy atom. The Kier molecular flexibility index (Phi) is 2.14. The van der Waals surface area contributed by atoms with Gasteiger partial charge in [-0.2, -0.15) is 0 Å². The van der Waals surface area contributed by atoms with Crippen LogP contribution in [-0.2, 0) is 13.0 Å². The van der Waals surface area contributed by atoms with Gasteiger partial charge in [-0.1, -0.05) is 6.92 Å². The molecular weight excluding hydrogens is 219 g/mol. The van der Waals surface area contributed by atoms with Crippen LogP contribution in [0.25, 0.3) is 5.69 Å². The molecule has 17 heavy (non-hydrogen) atoms. The van der Waals surface area contributed by atoms with Gasteiger partial charge in [-0.15, -0.1) is 10.2 Å². The number of halogens is 1. The highest BCUT2D eigenvalue weighted by molar-refractivity contribution is 5.65. The number of hydrogen-bond donors (Lipinski definition) is 1. The monoisotopic (exact) mass is 232 g/mol. The number of nitrogens with one attached hydrogen (secondary N) is 1. The molecule has 1 aromatic heterocycles. The van der Waals surface area contributed by atoms with E-state index in [1.54, 1.807) is 13.0 Å². The van der Waals surface area contributed by atoms with E-state index in [0.717, 1.165) is 29.4 Å². The topological polar surface area (TPSA) is 42.7 Å². The van der Waals surface area contributed by atoms with Crippen molar-refractivity contribution in [3.63, 3.8) is 0 Å². The van der Waals surface area contributed by atoms with E-state index in [1.807, 2.05) is 17.6 Å². The van der Waals surface area contributed by atoms with Gasteiger partial charge in [0.25, 0.3) is 0 Å². The number of aryl methyl sites for hydroxylation is 2. The number of anilines is 1. The summed E-state index contributed by atoms with van der Waals surface area (Å²) in [5.41, 5.74) is 2.38. The van der Waals surface area contributed by atoms with Gasteiger partial charge in [0.05, 0.1) is 17.9 Å². The molecule has 4 nitrogen and oxygen atoms in total. The van der Waals surface area contributed by atoms with Crippen LogP contribution in [0.3, 0.4) is 0 Å². The first-order chi connectivity index (χ1) is 8.20. The highest BCUT2D eigenvalue weighted by atomic mass is 19.1. The molecule has 0 saturated heterocycles. The zero-order valence-electron chi connectivity index (χ0n) is 9.79. The smallest absolute Gasteiger partial charge is 0.157 e. The van der Waals surface area contributed by atoms with Gasteiger partial charge in [-0.05, 0) is 18.6 Å². The second-order valence-electron chi connectivity index (χ2n) is 4.19. The fourth-order valence-corrected chi connectivity index (χ4v) is 2.15. The summed E-state index contributed by atoms with van der Waals surface area (Å²) in [5, 5.41) is 11.5. The molecule has 2 heterocycles. The Morgan fingerprint density at radius 3 is 3.00 bits per heavy atom. The van der Waals surface area contributed by atoms with E-state index in [9.17, 15) is 4.39 Å². The van der Waals surface area contributed by atoms with Gasteiger partial charge in [-0.25, -0.2) is 4.39 Å². The van der Waals surface area contributed by atoms with Crippen LogP contribution >= 0.6 is 0 Å². The van der Waals surface area contributed by atoms with Gasteiger partial charge >= 0.3 is 0 Å². The van der Waals surface area contributed by atoms with Gasteiger partial charge in [0, 0.05) is 12.5 Å². The van der Waals surface area contributed by atoms with Crippen molar-refractivity contribution in [1.82, 2.24) is 14.8 Å². The van der Waals surface area contributed by atoms with E-state index >= 15 is 0 Å². The molecule has 0 fully saturated rings. The standard InChI is InChI=1S/C12H13FN4/c1-3-11-15-16-12-6-14-9-4-7(2)8(13)5-10(9)17(11)12/h4-5,14H,3,6H2,1-2H3. The van der Waals surface area contributed by atoms with Crippen molar-refractivity contribution < 1.29 is 4.39 Å². The van der Waals surface area contributed by atoms with Crippen molar-refractivity contribution in [2.75, 3.05) is 5.32 Å². The summed E-state index contributed by atoms with van der Waals surface area (Å²) < 4.78 is 15.6. The molecule has 1 aromatic carbocycles. The Morgan fingerprint density at radius 1 is 1.41 bits per heavy atom. The van der Waals surface area contributed by atoms with Crippen LogP contribution in [-0.4, -0.2) is 14.8 Å². The molecule has 1 aliphatic rings. The lowest BCUT2D eigenvalue weighted by Gasteiger charge is -2.21. The molecule has 0 aliphatic carbocycles. The first-order valence-electron chi connectivity index (χ1n) is 5.68.